The van der Waals surface area contributed by atoms with Gasteiger partial charge in [-0.15, -0.1) is 23.8 Å². The van der Waals surface area contributed by atoms with Gasteiger partial charge >= 0.3 is 99.8 Å². The Morgan fingerprint density at radius 3 is 2.10 bits per heavy atom. The van der Waals surface area contributed by atoms with Crippen molar-refractivity contribution >= 4 is 39.6 Å². The molecule has 0 saturated carbocycles. The summed E-state index contributed by atoms with van der Waals surface area (Å²) in [7, 11) is 0. The number of hydrogen-bond donors (Lipinski definition) is 0. The predicted molar refractivity (Wildman–Crippen MR) is 207 cm³/mol. The molecule has 50 heavy (non-hydrogen) atoms. The number of para-hydroxylation sites is 1. The van der Waals surface area contributed by atoms with E-state index in [1.165, 1.54) is 15.5 Å². The number of fused-ring (bicyclic) bond motifs is 3. The van der Waals surface area contributed by atoms with Crippen LogP contribution in [0.25, 0.3) is 55.6 Å². The van der Waals surface area contributed by atoms with Gasteiger partial charge in [-0.2, -0.15) is 0 Å². The van der Waals surface area contributed by atoms with Crippen molar-refractivity contribution in [3.63, 3.8) is 0 Å². The quantitative estimate of drug-likeness (QED) is 0.123. The molecular weight excluding hydrogens is 849 g/mol. The molecule has 5 heteroatoms. The zero-order chi connectivity index (χ0) is 33.8. The van der Waals surface area contributed by atoms with E-state index in [2.05, 4.69) is 149 Å². The molecule has 0 aliphatic heterocycles. The molecule has 0 saturated heterocycles. The van der Waals surface area contributed by atoms with Crippen LogP contribution in [-0.2, 0) is 20.1 Å². The maximum absolute atomic E-state index is 6.30. The summed E-state index contributed by atoms with van der Waals surface area (Å²) in [6, 6.07) is 54.5. The first kappa shape index (κ1) is 35.2. The van der Waals surface area contributed by atoms with E-state index in [1.54, 1.807) is 0 Å². The van der Waals surface area contributed by atoms with Crippen LogP contribution in [0.1, 0.15) is 24.0 Å². The van der Waals surface area contributed by atoms with E-state index in [0.29, 0.717) is 5.92 Å². The molecule has 249 valence electrons. The van der Waals surface area contributed by atoms with Crippen LogP contribution in [0, 0.1) is 12.1 Å². The van der Waals surface area contributed by atoms with E-state index < -0.39 is 13.3 Å². The van der Waals surface area contributed by atoms with Crippen LogP contribution in [0.2, 0.25) is 17.3 Å². The first-order valence-electron chi connectivity index (χ1n) is 16.7. The van der Waals surface area contributed by atoms with Gasteiger partial charge in [-0.1, -0.05) is 97.2 Å². The zero-order valence-corrected chi connectivity index (χ0v) is 33.1. The number of aromatic nitrogens is 2. The van der Waals surface area contributed by atoms with Gasteiger partial charge in [0, 0.05) is 43.2 Å². The number of pyridine rings is 2. The Kier molecular flexibility index (Phi) is 10.9. The van der Waals surface area contributed by atoms with Crippen molar-refractivity contribution in [1.29, 1.82) is 0 Å². The van der Waals surface area contributed by atoms with Gasteiger partial charge in [-0.05, 0) is 28.5 Å². The van der Waals surface area contributed by atoms with Gasteiger partial charge in [0.05, 0.1) is 5.58 Å². The van der Waals surface area contributed by atoms with E-state index in [4.69, 9.17) is 4.42 Å². The van der Waals surface area contributed by atoms with Crippen LogP contribution in [0.4, 0.5) is 0 Å². The number of furan rings is 1. The fourth-order valence-corrected chi connectivity index (χ4v) is 8.25. The average molecular weight is 888 g/mol. The second-order valence-corrected chi connectivity index (χ2v) is 24.0. The molecule has 0 fully saturated rings. The Bertz CT molecular complexity index is 2310. The van der Waals surface area contributed by atoms with Crippen LogP contribution in [-0.4, -0.2) is 23.2 Å². The Labute approximate surface area is 311 Å². The minimum absolute atomic E-state index is 0. The molecule has 0 aliphatic rings. The normalized spacial score (nSPS) is 11.8. The second kappa shape index (κ2) is 15.5. The molecule has 3 heterocycles. The topological polar surface area (TPSA) is 38.9 Å². The third kappa shape index (κ3) is 7.74. The fourth-order valence-electron chi connectivity index (χ4n) is 6.08. The van der Waals surface area contributed by atoms with Crippen molar-refractivity contribution in [3.8, 4) is 33.6 Å². The van der Waals surface area contributed by atoms with Gasteiger partial charge in [-0.25, -0.2) is 0 Å². The first-order valence-corrected chi connectivity index (χ1v) is 24.1. The van der Waals surface area contributed by atoms with E-state index in [1.807, 2.05) is 48.8 Å². The van der Waals surface area contributed by atoms with E-state index in [-0.39, 0.29) is 20.1 Å². The van der Waals surface area contributed by atoms with Crippen LogP contribution in [0.3, 0.4) is 0 Å². The van der Waals surface area contributed by atoms with Gasteiger partial charge < -0.3 is 9.40 Å². The summed E-state index contributed by atoms with van der Waals surface area (Å²) in [5, 5.41) is 2.19. The van der Waals surface area contributed by atoms with Crippen LogP contribution in [0.15, 0.2) is 156 Å². The molecule has 3 aromatic heterocycles. The van der Waals surface area contributed by atoms with Crippen molar-refractivity contribution in [2.75, 3.05) is 0 Å². The Morgan fingerprint density at radius 2 is 1.40 bits per heavy atom. The third-order valence-corrected chi connectivity index (χ3v) is 13.2. The number of hydrogen-bond acceptors (Lipinski definition) is 3. The maximum Gasteiger partial charge on any atom is 0 e. The molecule has 8 aromatic rings. The standard InChI is InChI=1S/C31H22NO.C14H16GeN.Ir/c1-21(22-9-4-2-5-10-22)24-17-18-32-29(20-24)25-15-16-30-28(19-25)27-14-8-13-26(31(27)33-30)23-11-6-3-7-12-23;1-15(2,3)13-9-10-14(16-11-13)12-7-5-4-6-8-12;/h2-14,16-21H,1H3;4-7,9-11H,1-3H3;/q2*-1;. The summed E-state index contributed by atoms with van der Waals surface area (Å²) in [5.74, 6) is 7.43. The van der Waals surface area contributed by atoms with Gasteiger partial charge in [0.25, 0.3) is 0 Å². The summed E-state index contributed by atoms with van der Waals surface area (Å²) < 4.78 is 7.74. The molecule has 0 bridgehead atoms. The van der Waals surface area contributed by atoms with Crippen molar-refractivity contribution in [3.05, 3.63) is 175 Å². The first-order chi connectivity index (χ1) is 23.8. The summed E-state index contributed by atoms with van der Waals surface area (Å²) >= 11 is -1.72. The van der Waals surface area contributed by atoms with Crippen LogP contribution >= 0.6 is 0 Å². The van der Waals surface area contributed by atoms with Gasteiger partial charge in [-0.3, -0.25) is 0 Å². The second-order valence-electron chi connectivity index (χ2n) is 13.3. The third-order valence-electron chi connectivity index (χ3n) is 8.99. The Morgan fingerprint density at radius 1 is 0.640 bits per heavy atom. The molecule has 0 spiro atoms. The zero-order valence-electron chi connectivity index (χ0n) is 28.6. The minimum atomic E-state index is -1.72. The predicted octanol–water partition coefficient (Wildman–Crippen LogP) is 11.4. The van der Waals surface area contributed by atoms with E-state index in [9.17, 15) is 0 Å². The largest absolute Gasteiger partial charge is 0 e. The average Bonchev–Trinajstić information content (AvgIpc) is 3.54. The van der Waals surface area contributed by atoms with Crippen molar-refractivity contribution in [2.45, 2.75) is 30.1 Å². The molecule has 5 aromatic carbocycles. The smallest absolute Gasteiger partial charge is 0 e. The van der Waals surface area contributed by atoms with Crippen molar-refractivity contribution < 1.29 is 24.5 Å². The van der Waals surface area contributed by atoms with E-state index in [0.717, 1.165) is 55.6 Å². The Hall–Kier alpha value is -4.61. The van der Waals surface area contributed by atoms with Crippen molar-refractivity contribution in [1.82, 2.24) is 9.97 Å². The summed E-state index contributed by atoms with van der Waals surface area (Å²) in [5.41, 5.74) is 10.5. The molecule has 0 aliphatic carbocycles. The molecule has 1 unspecified atom stereocenters. The van der Waals surface area contributed by atoms with Gasteiger partial charge in [0.1, 0.15) is 5.58 Å². The molecule has 1 radical (unpaired) electrons. The molecule has 1 atom stereocenters. The minimum Gasteiger partial charge on any atom is 0 e. The molecule has 0 amide bonds. The summed E-state index contributed by atoms with van der Waals surface area (Å²) in [4.78, 5) is 9.19. The molecule has 3 nitrogen and oxygen atoms in total. The summed E-state index contributed by atoms with van der Waals surface area (Å²) in [6.45, 7) is 2.23. The number of benzene rings is 5. The SMILES string of the molecule is CC(c1ccccc1)c1ccnc(-c2[c-]cc3oc4c(-c5ccccc5)cccc4c3c2)c1.[CH3][Ge]([CH3])([CH3])[c]1ccc(-c2[c-]cccc2)nc1.[Ir]. The van der Waals surface area contributed by atoms with Crippen molar-refractivity contribution in [2.24, 2.45) is 0 Å². The van der Waals surface area contributed by atoms with Gasteiger partial charge in [0.15, 0.2) is 0 Å². The molecule has 0 N–H and O–H groups in total. The fraction of sp³-hybridized carbons (Fsp3) is 0.111. The van der Waals surface area contributed by atoms with E-state index >= 15 is 0 Å². The number of rotatable bonds is 6. The van der Waals surface area contributed by atoms with Crippen LogP contribution in [0.5, 0.6) is 0 Å². The number of nitrogens with zero attached hydrogens (tertiary/aromatic N) is 2. The van der Waals surface area contributed by atoms with Gasteiger partial charge in [0.2, 0.25) is 0 Å². The molecular formula is C45H38GeIrN2O-2. The van der Waals surface area contributed by atoms with Crippen LogP contribution < -0.4 is 4.40 Å². The monoisotopic (exact) mass is 889 g/mol. The maximum atomic E-state index is 6.30. The summed E-state index contributed by atoms with van der Waals surface area (Å²) in [6.07, 6.45) is 3.93. The molecule has 8 rings (SSSR count). The Balaban J connectivity index is 0.000000215.